The van der Waals surface area contributed by atoms with Crippen molar-refractivity contribution >= 4 is 5.91 Å². The van der Waals surface area contributed by atoms with Crippen molar-refractivity contribution < 1.29 is 9.90 Å². The van der Waals surface area contributed by atoms with E-state index in [4.69, 9.17) is 10.8 Å². The van der Waals surface area contributed by atoms with Gasteiger partial charge in [-0.25, -0.2) is 0 Å². The van der Waals surface area contributed by atoms with Gasteiger partial charge in [0.1, 0.15) is 0 Å². The number of nitrogens with one attached hydrogen (secondary N) is 1. The highest BCUT2D eigenvalue weighted by Gasteiger charge is 2.27. The lowest BCUT2D eigenvalue weighted by Gasteiger charge is -2.26. The lowest BCUT2D eigenvalue weighted by atomic mass is 9.92. The molecular weight excluding hydrogens is 268 g/mol. The number of amides is 1. The van der Waals surface area contributed by atoms with Crippen LogP contribution in [0.2, 0.25) is 0 Å². The van der Waals surface area contributed by atoms with Gasteiger partial charge in [-0.2, -0.15) is 5.10 Å². The molecule has 0 radical (unpaired) electrons. The van der Waals surface area contributed by atoms with Crippen molar-refractivity contribution in [1.82, 2.24) is 15.1 Å². The van der Waals surface area contributed by atoms with Gasteiger partial charge in [0.05, 0.1) is 31.3 Å². The van der Waals surface area contributed by atoms with Gasteiger partial charge < -0.3 is 16.2 Å². The summed E-state index contributed by atoms with van der Waals surface area (Å²) in [7, 11) is 0. The van der Waals surface area contributed by atoms with E-state index in [-0.39, 0.29) is 24.5 Å². The molecular formula is C15H26N4O2. The summed E-state index contributed by atoms with van der Waals surface area (Å²) in [5, 5.41) is 16.5. The van der Waals surface area contributed by atoms with E-state index in [1.54, 1.807) is 0 Å². The Hall–Kier alpha value is -1.40. The molecule has 21 heavy (non-hydrogen) atoms. The maximum absolute atomic E-state index is 12.3. The second kappa shape index (κ2) is 7.56. The number of nitrogens with zero attached hydrogens (tertiary/aromatic N) is 2. The average Bonchev–Trinajstić information content (AvgIpc) is 2.89. The molecule has 0 spiro atoms. The Morgan fingerprint density at radius 2 is 2.48 bits per heavy atom. The number of fused-ring (bicyclic) bond motifs is 1. The summed E-state index contributed by atoms with van der Waals surface area (Å²) in [6.45, 7) is 3.05. The average molecular weight is 294 g/mol. The maximum Gasteiger partial charge on any atom is 0.224 e. The van der Waals surface area contributed by atoms with Crippen molar-refractivity contribution in [3.05, 3.63) is 17.5 Å². The number of carbonyl (C=O) groups is 1. The first-order valence-corrected chi connectivity index (χ1v) is 7.87. The minimum absolute atomic E-state index is 0.0274. The van der Waals surface area contributed by atoms with E-state index in [1.165, 1.54) is 0 Å². The van der Waals surface area contributed by atoms with Crippen LogP contribution in [0.15, 0.2) is 6.20 Å². The molecule has 1 heterocycles. The van der Waals surface area contributed by atoms with E-state index in [9.17, 15) is 4.79 Å². The Morgan fingerprint density at radius 3 is 3.14 bits per heavy atom. The SMILES string of the molecule is CCCC(CN)C(=O)NC1CCCc2c1cnn2CCO. The van der Waals surface area contributed by atoms with Crippen LogP contribution in [0.25, 0.3) is 0 Å². The van der Waals surface area contributed by atoms with Crippen molar-refractivity contribution in [1.29, 1.82) is 0 Å². The summed E-state index contributed by atoms with van der Waals surface area (Å²) in [6.07, 6.45) is 6.53. The van der Waals surface area contributed by atoms with Crippen LogP contribution in [-0.2, 0) is 17.8 Å². The molecule has 6 heteroatoms. The molecule has 1 aromatic rings. The Kier molecular flexibility index (Phi) is 5.76. The Morgan fingerprint density at radius 1 is 1.67 bits per heavy atom. The largest absolute Gasteiger partial charge is 0.394 e. The fourth-order valence-electron chi connectivity index (χ4n) is 3.05. The number of hydrogen-bond donors (Lipinski definition) is 3. The van der Waals surface area contributed by atoms with Gasteiger partial charge in [0, 0.05) is 17.8 Å². The molecule has 1 aromatic heterocycles. The summed E-state index contributed by atoms with van der Waals surface area (Å²) >= 11 is 0. The smallest absolute Gasteiger partial charge is 0.224 e. The minimum Gasteiger partial charge on any atom is -0.394 e. The predicted octanol–water partition coefficient (Wildman–Crippen LogP) is 0.744. The van der Waals surface area contributed by atoms with Gasteiger partial charge in [-0.3, -0.25) is 9.48 Å². The first-order valence-electron chi connectivity index (χ1n) is 7.87. The monoisotopic (exact) mass is 294 g/mol. The van der Waals surface area contributed by atoms with Crippen LogP contribution in [0.4, 0.5) is 0 Å². The van der Waals surface area contributed by atoms with Gasteiger partial charge >= 0.3 is 0 Å². The van der Waals surface area contributed by atoms with Crippen molar-refractivity contribution in [3.63, 3.8) is 0 Å². The molecule has 1 aliphatic rings. The maximum atomic E-state index is 12.3. The summed E-state index contributed by atoms with van der Waals surface area (Å²) in [4.78, 5) is 12.3. The first-order chi connectivity index (χ1) is 10.2. The summed E-state index contributed by atoms with van der Waals surface area (Å²) in [5.74, 6) is -0.0556. The molecule has 118 valence electrons. The second-order valence-corrected chi connectivity index (χ2v) is 5.67. The lowest BCUT2D eigenvalue weighted by Crippen LogP contribution is -2.38. The van der Waals surface area contributed by atoms with Gasteiger partial charge in [0.15, 0.2) is 0 Å². The summed E-state index contributed by atoms with van der Waals surface area (Å²) in [6, 6.07) is 0.0274. The number of aromatic nitrogens is 2. The fraction of sp³-hybridized carbons (Fsp3) is 0.733. The highest BCUT2D eigenvalue weighted by atomic mass is 16.3. The standard InChI is InChI=1S/C15H26N4O2/c1-2-4-11(9-16)15(21)18-13-5-3-6-14-12(13)10-17-19(14)7-8-20/h10-11,13,20H,2-9,16H2,1H3,(H,18,21). The normalized spacial score (nSPS) is 19.1. The Labute approximate surface area is 125 Å². The van der Waals surface area contributed by atoms with Crippen LogP contribution in [0.5, 0.6) is 0 Å². The van der Waals surface area contributed by atoms with Gasteiger partial charge in [-0.1, -0.05) is 13.3 Å². The fourth-order valence-corrected chi connectivity index (χ4v) is 3.05. The van der Waals surface area contributed by atoms with Crippen LogP contribution < -0.4 is 11.1 Å². The lowest BCUT2D eigenvalue weighted by molar-refractivity contribution is -0.125. The molecule has 0 aliphatic heterocycles. The molecule has 0 saturated heterocycles. The van der Waals surface area contributed by atoms with Crippen LogP contribution in [-0.4, -0.2) is 33.9 Å². The molecule has 1 aliphatic carbocycles. The summed E-state index contributed by atoms with van der Waals surface area (Å²) in [5.41, 5.74) is 7.93. The van der Waals surface area contributed by atoms with Gasteiger partial charge in [0.2, 0.25) is 5.91 Å². The van der Waals surface area contributed by atoms with Crippen LogP contribution >= 0.6 is 0 Å². The van der Waals surface area contributed by atoms with E-state index in [0.29, 0.717) is 13.1 Å². The molecule has 0 fully saturated rings. The van der Waals surface area contributed by atoms with Crippen LogP contribution in [0.1, 0.15) is 49.9 Å². The molecule has 2 atom stereocenters. The highest BCUT2D eigenvalue weighted by molar-refractivity contribution is 5.79. The molecule has 4 N–H and O–H groups in total. The summed E-state index contributed by atoms with van der Waals surface area (Å²) < 4.78 is 1.85. The highest BCUT2D eigenvalue weighted by Crippen LogP contribution is 2.29. The minimum atomic E-state index is -0.104. The number of aliphatic hydroxyl groups excluding tert-OH is 1. The molecule has 2 unspecified atom stereocenters. The molecule has 0 aromatic carbocycles. The zero-order valence-electron chi connectivity index (χ0n) is 12.7. The number of rotatable bonds is 7. The van der Waals surface area contributed by atoms with Crippen molar-refractivity contribution in [2.75, 3.05) is 13.2 Å². The van der Waals surface area contributed by atoms with Crippen LogP contribution in [0, 0.1) is 5.92 Å². The first kappa shape index (κ1) is 16.0. The van der Waals surface area contributed by atoms with E-state index in [1.807, 2.05) is 10.9 Å². The van der Waals surface area contributed by atoms with E-state index in [0.717, 1.165) is 43.4 Å². The molecule has 0 saturated carbocycles. The number of hydrogen-bond acceptors (Lipinski definition) is 4. The zero-order chi connectivity index (χ0) is 15.2. The number of carbonyl (C=O) groups excluding carboxylic acids is 1. The molecule has 2 rings (SSSR count). The zero-order valence-corrected chi connectivity index (χ0v) is 12.7. The van der Waals surface area contributed by atoms with Crippen molar-refractivity contribution in [2.45, 2.75) is 51.6 Å². The molecule has 0 bridgehead atoms. The molecule has 6 nitrogen and oxygen atoms in total. The van der Waals surface area contributed by atoms with E-state index in [2.05, 4.69) is 17.3 Å². The van der Waals surface area contributed by atoms with Crippen molar-refractivity contribution in [3.8, 4) is 0 Å². The topological polar surface area (TPSA) is 93.2 Å². The number of aliphatic hydroxyl groups is 1. The predicted molar refractivity (Wildman–Crippen MR) is 80.6 cm³/mol. The van der Waals surface area contributed by atoms with E-state index < -0.39 is 0 Å². The van der Waals surface area contributed by atoms with Crippen molar-refractivity contribution in [2.24, 2.45) is 11.7 Å². The Balaban J connectivity index is 2.08. The Bertz CT molecular complexity index is 472. The van der Waals surface area contributed by atoms with Gasteiger partial charge in [-0.05, 0) is 25.7 Å². The quantitative estimate of drug-likeness (QED) is 0.691. The van der Waals surface area contributed by atoms with Crippen LogP contribution in [0.3, 0.4) is 0 Å². The van der Waals surface area contributed by atoms with Gasteiger partial charge in [0.25, 0.3) is 0 Å². The third kappa shape index (κ3) is 3.63. The molecule has 1 amide bonds. The van der Waals surface area contributed by atoms with E-state index >= 15 is 0 Å². The van der Waals surface area contributed by atoms with Gasteiger partial charge in [-0.15, -0.1) is 0 Å². The third-order valence-electron chi connectivity index (χ3n) is 4.18. The second-order valence-electron chi connectivity index (χ2n) is 5.67. The number of nitrogens with two attached hydrogens (primary N) is 1. The third-order valence-corrected chi connectivity index (χ3v) is 4.18.